The molecule has 0 saturated carbocycles. The lowest BCUT2D eigenvalue weighted by molar-refractivity contribution is 0.473. The number of fused-ring (bicyclic) bond motifs is 1. The summed E-state index contributed by atoms with van der Waals surface area (Å²) in [5.41, 5.74) is 3.18. The lowest BCUT2D eigenvalue weighted by atomic mass is 10.2. The van der Waals surface area contributed by atoms with Crippen molar-refractivity contribution in [1.82, 2.24) is 4.57 Å². The molecule has 2 aromatic carbocycles. The molecular formula is C16H14BrNO. The molecule has 0 atom stereocenters. The van der Waals surface area contributed by atoms with E-state index in [0.717, 1.165) is 27.6 Å². The Balaban J connectivity index is 2.16. The van der Waals surface area contributed by atoms with Crippen molar-refractivity contribution in [3.63, 3.8) is 0 Å². The quantitative estimate of drug-likeness (QED) is 0.741. The highest BCUT2D eigenvalue weighted by molar-refractivity contribution is 9.10. The zero-order valence-corrected chi connectivity index (χ0v) is 12.2. The van der Waals surface area contributed by atoms with Gasteiger partial charge < -0.3 is 9.67 Å². The molecule has 3 aromatic rings. The third kappa shape index (κ3) is 2.15. The number of aromatic hydroxyl groups is 1. The highest BCUT2D eigenvalue weighted by Crippen LogP contribution is 2.33. The van der Waals surface area contributed by atoms with E-state index in [4.69, 9.17) is 0 Å². The first-order chi connectivity index (χ1) is 9.16. The molecule has 0 aliphatic rings. The summed E-state index contributed by atoms with van der Waals surface area (Å²) in [5, 5.41) is 11.1. The Kier molecular flexibility index (Phi) is 3.07. The van der Waals surface area contributed by atoms with E-state index < -0.39 is 0 Å². The van der Waals surface area contributed by atoms with Gasteiger partial charge in [0.1, 0.15) is 5.75 Å². The summed E-state index contributed by atoms with van der Waals surface area (Å²) in [7, 11) is 0. The lowest BCUT2D eigenvalue weighted by Crippen LogP contribution is -2.01. The number of halogens is 1. The fourth-order valence-electron chi connectivity index (χ4n) is 2.41. The third-order valence-electron chi connectivity index (χ3n) is 3.44. The van der Waals surface area contributed by atoms with Crippen molar-refractivity contribution >= 4 is 26.8 Å². The molecule has 0 bridgehead atoms. The first-order valence-corrected chi connectivity index (χ1v) is 6.97. The molecule has 2 nitrogen and oxygen atoms in total. The van der Waals surface area contributed by atoms with E-state index >= 15 is 0 Å². The maximum atomic E-state index is 10.2. The van der Waals surface area contributed by atoms with Crippen LogP contribution >= 0.6 is 15.9 Å². The normalized spacial score (nSPS) is 11.1. The molecule has 0 radical (unpaired) electrons. The van der Waals surface area contributed by atoms with Gasteiger partial charge in [-0.15, -0.1) is 0 Å². The molecule has 0 unspecified atom stereocenters. The summed E-state index contributed by atoms with van der Waals surface area (Å²) in [6.07, 6.45) is 0. The van der Waals surface area contributed by atoms with Crippen molar-refractivity contribution in [2.75, 3.05) is 0 Å². The molecule has 0 saturated heterocycles. The SMILES string of the molecule is Cc1c(O)c2cc(Br)ccc2n1Cc1ccccc1. The predicted molar refractivity (Wildman–Crippen MR) is 81.6 cm³/mol. The molecule has 96 valence electrons. The van der Waals surface area contributed by atoms with E-state index in [2.05, 4.69) is 32.6 Å². The van der Waals surface area contributed by atoms with Crippen LogP contribution in [-0.4, -0.2) is 9.67 Å². The second kappa shape index (κ2) is 4.74. The Morgan fingerprint density at radius 1 is 1.11 bits per heavy atom. The zero-order valence-electron chi connectivity index (χ0n) is 10.6. The van der Waals surface area contributed by atoms with Crippen LogP contribution in [0.15, 0.2) is 53.0 Å². The fourth-order valence-corrected chi connectivity index (χ4v) is 2.77. The van der Waals surface area contributed by atoms with Crippen LogP contribution in [0.4, 0.5) is 0 Å². The van der Waals surface area contributed by atoms with Gasteiger partial charge in [0.25, 0.3) is 0 Å². The van der Waals surface area contributed by atoms with Crippen LogP contribution in [0.3, 0.4) is 0 Å². The molecule has 1 aromatic heterocycles. The Morgan fingerprint density at radius 2 is 1.84 bits per heavy atom. The summed E-state index contributed by atoms with van der Waals surface area (Å²) in [6.45, 7) is 2.72. The van der Waals surface area contributed by atoms with Crippen LogP contribution in [0, 0.1) is 6.92 Å². The minimum atomic E-state index is 0.368. The average molecular weight is 316 g/mol. The lowest BCUT2D eigenvalue weighted by Gasteiger charge is -2.08. The van der Waals surface area contributed by atoms with E-state index in [1.165, 1.54) is 5.56 Å². The smallest absolute Gasteiger partial charge is 0.144 e. The number of rotatable bonds is 2. The van der Waals surface area contributed by atoms with Crippen molar-refractivity contribution in [3.05, 3.63) is 64.3 Å². The average Bonchev–Trinajstić information content (AvgIpc) is 2.65. The molecular weight excluding hydrogens is 302 g/mol. The molecule has 19 heavy (non-hydrogen) atoms. The standard InChI is InChI=1S/C16H14BrNO/c1-11-16(19)14-9-13(17)7-8-15(14)18(11)10-12-5-3-2-4-6-12/h2-9,19H,10H2,1H3. The number of hydrogen-bond acceptors (Lipinski definition) is 1. The first kappa shape index (κ1) is 12.3. The Morgan fingerprint density at radius 3 is 2.58 bits per heavy atom. The van der Waals surface area contributed by atoms with Crippen molar-refractivity contribution in [1.29, 1.82) is 0 Å². The van der Waals surface area contributed by atoms with Gasteiger partial charge >= 0.3 is 0 Å². The molecule has 3 heteroatoms. The topological polar surface area (TPSA) is 25.2 Å². The van der Waals surface area contributed by atoms with Gasteiger partial charge in [-0.1, -0.05) is 46.3 Å². The second-order valence-corrected chi connectivity index (χ2v) is 5.58. The van der Waals surface area contributed by atoms with Gasteiger partial charge in [0.2, 0.25) is 0 Å². The largest absolute Gasteiger partial charge is 0.505 e. The molecule has 1 N–H and O–H groups in total. The van der Waals surface area contributed by atoms with Gasteiger partial charge in [-0.3, -0.25) is 0 Å². The van der Waals surface area contributed by atoms with E-state index in [9.17, 15) is 5.11 Å². The van der Waals surface area contributed by atoms with Crippen LogP contribution in [0.2, 0.25) is 0 Å². The first-order valence-electron chi connectivity index (χ1n) is 6.18. The molecule has 3 rings (SSSR count). The second-order valence-electron chi connectivity index (χ2n) is 4.67. The van der Waals surface area contributed by atoms with E-state index in [0.29, 0.717) is 5.75 Å². The van der Waals surface area contributed by atoms with Crippen LogP contribution in [0.25, 0.3) is 10.9 Å². The van der Waals surface area contributed by atoms with Gasteiger partial charge in [0.05, 0.1) is 11.2 Å². The van der Waals surface area contributed by atoms with Gasteiger partial charge in [-0.05, 0) is 30.7 Å². The monoisotopic (exact) mass is 315 g/mol. The van der Waals surface area contributed by atoms with Crippen molar-refractivity contribution in [3.8, 4) is 5.75 Å². The fraction of sp³-hybridized carbons (Fsp3) is 0.125. The highest BCUT2D eigenvalue weighted by Gasteiger charge is 2.13. The van der Waals surface area contributed by atoms with Crippen molar-refractivity contribution in [2.24, 2.45) is 0 Å². The Labute approximate surface area is 120 Å². The Bertz CT molecular complexity index is 731. The van der Waals surface area contributed by atoms with Crippen LogP contribution < -0.4 is 0 Å². The van der Waals surface area contributed by atoms with Gasteiger partial charge in [0, 0.05) is 16.4 Å². The number of aromatic nitrogens is 1. The highest BCUT2D eigenvalue weighted by atomic mass is 79.9. The molecule has 0 aliphatic heterocycles. The molecule has 0 fully saturated rings. The number of nitrogens with zero attached hydrogens (tertiary/aromatic N) is 1. The summed E-state index contributed by atoms with van der Waals surface area (Å²) in [5.74, 6) is 0.368. The van der Waals surface area contributed by atoms with Crippen molar-refractivity contribution < 1.29 is 5.11 Å². The molecule has 0 spiro atoms. The molecule has 0 amide bonds. The van der Waals surface area contributed by atoms with E-state index in [1.807, 2.05) is 43.3 Å². The maximum Gasteiger partial charge on any atom is 0.144 e. The van der Waals surface area contributed by atoms with E-state index in [1.54, 1.807) is 0 Å². The maximum absolute atomic E-state index is 10.2. The summed E-state index contributed by atoms with van der Waals surface area (Å²) >= 11 is 3.45. The van der Waals surface area contributed by atoms with Crippen LogP contribution in [0.1, 0.15) is 11.3 Å². The summed E-state index contributed by atoms with van der Waals surface area (Å²) in [4.78, 5) is 0. The third-order valence-corrected chi connectivity index (χ3v) is 3.93. The number of hydrogen-bond donors (Lipinski definition) is 1. The molecule has 0 aliphatic carbocycles. The van der Waals surface area contributed by atoms with Gasteiger partial charge in [-0.25, -0.2) is 0 Å². The number of benzene rings is 2. The van der Waals surface area contributed by atoms with Gasteiger partial charge in [0.15, 0.2) is 0 Å². The van der Waals surface area contributed by atoms with Crippen molar-refractivity contribution in [2.45, 2.75) is 13.5 Å². The van der Waals surface area contributed by atoms with Crippen LogP contribution in [0.5, 0.6) is 5.75 Å². The predicted octanol–water partition coefficient (Wildman–Crippen LogP) is 4.47. The zero-order chi connectivity index (χ0) is 13.4. The van der Waals surface area contributed by atoms with Gasteiger partial charge in [-0.2, -0.15) is 0 Å². The summed E-state index contributed by atoms with van der Waals surface area (Å²) in [6, 6.07) is 16.3. The van der Waals surface area contributed by atoms with E-state index in [-0.39, 0.29) is 0 Å². The minimum absolute atomic E-state index is 0.368. The molecule has 1 heterocycles. The Hall–Kier alpha value is -1.74. The van der Waals surface area contributed by atoms with Crippen LogP contribution in [-0.2, 0) is 6.54 Å². The summed E-state index contributed by atoms with van der Waals surface area (Å²) < 4.78 is 3.12. The minimum Gasteiger partial charge on any atom is -0.505 e.